The quantitative estimate of drug-likeness (QED) is 0.323. The van der Waals surface area contributed by atoms with E-state index in [9.17, 15) is 9.90 Å². The maximum atomic E-state index is 11.4. The van der Waals surface area contributed by atoms with Gasteiger partial charge in [0, 0.05) is 33.5 Å². The molecular formula is C25H23ClN2O2S. The molecule has 0 aliphatic rings. The molecule has 0 fully saturated rings. The highest BCUT2D eigenvalue weighted by molar-refractivity contribution is 7.97. The summed E-state index contributed by atoms with van der Waals surface area (Å²) in [5.41, 5.74) is 6.10. The Morgan fingerprint density at radius 3 is 2.48 bits per heavy atom. The number of aryl methyl sites for hydroxylation is 1. The van der Waals surface area contributed by atoms with Gasteiger partial charge in [0.15, 0.2) is 0 Å². The molecule has 0 saturated carbocycles. The Labute approximate surface area is 191 Å². The van der Waals surface area contributed by atoms with Gasteiger partial charge in [-0.25, -0.2) is 4.79 Å². The Balaban J connectivity index is 1.63. The van der Waals surface area contributed by atoms with Gasteiger partial charge in [-0.2, -0.15) is 0 Å². The molecule has 0 unspecified atom stereocenters. The van der Waals surface area contributed by atoms with Crippen LogP contribution in [0, 0.1) is 6.92 Å². The topological polar surface area (TPSA) is 56.3 Å². The summed E-state index contributed by atoms with van der Waals surface area (Å²) in [7, 11) is 4.04. The van der Waals surface area contributed by atoms with Crippen molar-refractivity contribution >= 4 is 40.4 Å². The van der Waals surface area contributed by atoms with Gasteiger partial charge >= 0.3 is 5.97 Å². The summed E-state index contributed by atoms with van der Waals surface area (Å²) >= 11 is 8.28. The first-order valence-corrected chi connectivity index (χ1v) is 11.0. The van der Waals surface area contributed by atoms with Crippen molar-refractivity contribution in [2.24, 2.45) is 0 Å². The van der Waals surface area contributed by atoms with Crippen molar-refractivity contribution in [2.75, 3.05) is 14.1 Å². The fourth-order valence-electron chi connectivity index (χ4n) is 3.67. The number of H-pyrrole nitrogens is 1. The van der Waals surface area contributed by atoms with Crippen molar-refractivity contribution < 1.29 is 9.90 Å². The summed E-state index contributed by atoms with van der Waals surface area (Å²) in [5.74, 6) is -0.901. The zero-order chi connectivity index (χ0) is 22.1. The largest absolute Gasteiger partial charge is 0.478 e. The van der Waals surface area contributed by atoms with E-state index in [1.54, 1.807) is 18.0 Å². The van der Waals surface area contributed by atoms with E-state index in [0.717, 1.165) is 38.9 Å². The smallest absolute Gasteiger partial charge is 0.335 e. The SMILES string of the molecule is Cc1ccc(Cc2cc3cc(-c4ccc(SN(C)C)cc4)c(Cl)cc3[nH]2)cc1C(=O)O. The number of aromatic nitrogens is 1. The van der Waals surface area contributed by atoms with Crippen molar-refractivity contribution in [1.29, 1.82) is 0 Å². The Kier molecular flexibility index (Phi) is 6.10. The normalized spacial score (nSPS) is 11.4. The van der Waals surface area contributed by atoms with Gasteiger partial charge in [0.2, 0.25) is 0 Å². The summed E-state index contributed by atoms with van der Waals surface area (Å²) in [6, 6.07) is 20.1. The fraction of sp³-hybridized carbons (Fsp3) is 0.160. The third kappa shape index (κ3) is 4.79. The van der Waals surface area contributed by atoms with Crippen LogP contribution in [0.3, 0.4) is 0 Å². The first-order chi connectivity index (χ1) is 14.8. The molecule has 0 atom stereocenters. The predicted octanol–water partition coefficient (Wildman–Crippen LogP) is 6.65. The Bertz CT molecular complexity index is 1260. The summed E-state index contributed by atoms with van der Waals surface area (Å²) in [6.07, 6.45) is 0.624. The molecule has 4 rings (SSSR count). The highest BCUT2D eigenvalue weighted by Crippen LogP contribution is 2.34. The summed E-state index contributed by atoms with van der Waals surface area (Å²) < 4.78 is 2.06. The molecule has 0 aliphatic heterocycles. The molecule has 4 aromatic rings. The monoisotopic (exact) mass is 450 g/mol. The summed E-state index contributed by atoms with van der Waals surface area (Å²) in [5, 5.41) is 11.1. The van der Waals surface area contributed by atoms with Crippen LogP contribution in [0.4, 0.5) is 0 Å². The van der Waals surface area contributed by atoms with Crippen LogP contribution < -0.4 is 0 Å². The third-order valence-electron chi connectivity index (χ3n) is 5.14. The molecule has 3 aromatic carbocycles. The molecule has 2 N–H and O–H groups in total. The standard InChI is InChI=1S/C25H23ClN2O2S/c1-15-4-5-16(11-21(15)25(29)30)10-19-12-18-13-22(23(26)14-24(18)27-19)17-6-8-20(9-7-17)31-28(2)3/h4-9,11-14,27H,10H2,1-3H3,(H,29,30). The predicted molar refractivity (Wildman–Crippen MR) is 129 cm³/mol. The number of nitrogens with zero attached hydrogens (tertiary/aromatic N) is 1. The molecule has 0 bridgehead atoms. The van der Waals surface area contributed by atoms with Gasteiger partial charge in [0.1, 0.15) is 0 Å². The van der Waals surface area contributed by atoms with Gasteiger partial charge in [0.05, 0.1) is 10.6 Å². The Hall–Kier alpha value is -2.73. The van der Waals surface area contributed by atoms with E-state index in [1.807, 2.05) is 39.2 Å². The van der Waals surface area contributed by atoms with Crippen LogP contribution >= 0.6 is 23.5 Å². The highest BCUT2D eigenvalue weighted by atomic mass is 35.5. The first-order valence-electron chi connectivity index (χ1n) is 9.90. The minimum absolute atomic E-state index is 0.342. The Morgan fingerprint density at radius 1 is 1.06 bits per heavy atom. The molecule has 158 valence electrons. The zero-order valence-electron chi connectivity index (χ0n) is 17.6. The third-order valence-corrected chi connectivity index (χ3v) is 6.31. The molecule has 31 heavy (non-hydrogen) atoms. The number of carbonyl (C=O) groups is 1. The maximum Gasteiger partial charge on any atom is 0.335 e. The second-order valence-corrected chi connectivity index (χ2v) is 9.56. The van der Waals surface area contributed by atoms with E-state index in [0.29, 0.717) is 17.0 Å². The number of nitrogens with one attached hydrogen (secondary N) is 1. The van der Waals surface area contributed by atoms with Gasteiger partial charge < -0.3 is 10.1 Å². The van der Waals surface area contributed by atoms with Gasteiger partial charge in [-0.05, 0) is 86.1 Å². The van der Waals surface area contributed by atoms with Crippen LogP contribution in [0.1, 0.15) is 27.2 Å². The van der Waals surface area contributed by atoms with Crippen LogP contribution in [0.25, 0.3) is 22.0 Å². The summed E-state index contributed by atoms with van der Waals surface area (Å²) in [6.45, 7) is 1.81. The van der Waals surface area contributed by atoms with Crippen molar-refractivity contribution in [1.82, 2.24) is 9.29 Å². The maximum absolute atomic E-state index is 11.4. The van der Waals surface area contributed by atoms with Crippen molar-refractivity contribution in [2.45, 2.75) is 18.2 Å². The average Bonchev–Trinajstić information content (AvgIpc) is 3.10. The molecule has 0 spiro atoms. The fourth-order valence-corrected chi connectivity index (χ4v) is 4.62. The molecule has 0 radical (unpaired) electrons. The van der Waals surface area contributed by atoms with E-state index in [4.69, 9.17) is 11.6 Å². The zero-order valence-corrected chi connectivity index (χ0v) is 19.1. The number of halogens is 1. The average molecular weight is 451 g/mol. The molecule has 0 aliphatic carbocycles. The molecule has 4 nitrogen and oxygen atoms in total. The van der Waals surface area contributed by atoms with E-state index in [-0.39, 0.29) is 0 Å². The van der Waals surface area contributed by atoms with Gasteiger partial charge in [-0.1, -0.05) is 35.9 Å². The second kappa shape index (κ2) is 8.79. The van der Waals surface area contributed by atoms with E-state index >= 15 is 0 Å². The van der Waals surface area contributed by atoms with Crippen LogP contribution in [-0.4, -0.2) is 34.5 Å². The number of hydrogen-bond donors (Lipinski definition) is 2. The number of rotatable bonds is 6. The Morgan fingerprint density at radius 2 is 1.81 bits per heavy atom. The van der Waals surface area contributed by atoms with Crippen LogP contribution in [-0.2, 0) is 6.42 Å². The van der Waals surface area contributed by atoms with Gasteiger partial charge in [0.25, 0.3) is 0 Å². The lowest BCUT2D eigenvalue weighted by atomic mass is 10.0. The minimum atomic E-state index is -0.901. The number of fused-ring (bicyclic) bond motifs is 1. The molecule has 6 heteroatoms. The van der Waals surface area contributed by atoms with Crippen LogP contribution in [0.15, 0.2) is 65.6 Å². The lowest BCUT2D eigenvalue weighted by Gasteiger charge is -2.10. The highest BCUT2D eigenvalue weighted by Gasteiger charge is 2.11. The van der Waals surface area contributed by atoms with E-state index in [2.05, 4.69) is 45.7 Å². The molecule has 0 saturated heterocycles. The number of carboxylic acids is 1. The number of hydrogen-bond acceptors (Lipinski definition) is 3. The lowest BCUT2D eigenvalue weighted by molar-refractivity contribution is 0.0696. The number of carboxylic acid groups (broad SMARTS) is 1. The van der Waals surface area contributed by atoms with Gasteiger partial charge in [-0.15, -0.1) is 0 Å². The molecule has 1 heterocycles. The van der Waals surface area contributed by atoms with Crippen molar-refractivity contribution in [3.05, 3.63) is 88.1 Å². The van der Waals surface area contributed by atoms with E-state index in [1.165, 1.54) is 4.90 Å². The van der Waals surface area contributed by atoms with Crippen LogP contribution in [0.5, 0.6) is 0 Å². The van der Waals surface area contributed by atoms with Gasteiger partial charge in [-0.3, -0.25) is 4.31 Å². The first kappa shape index (κ1) is 21.5. The van der Waals surface area contributed by atoms with Crippen molar-refractivity contribution in [3.63, 3.8) is 0 Å². The molecular weight excluding hydrogens is 428 g/mol. The summed E-state index contributed by atoms with van der Waals surface area (Å²) in [4.78, 5) is 16.0. The molecule has 0 amide bonds. The second-order valence-electron chi connectivity index (χ2n) is 7.77. The van der Waals surface area contributed by atoms with Crippen LogP contribution in [0.2, 0.25) is 5.02 Å². The van der Waals surface area contributed by atoms with Crippen molar-refractivity contribution in [3.8, 4) is 11.1 Å². The minimum Gasteiger partial charge on any atom is -0.478 e. The van der Waals surface area contributed by atoms with E-state index < -0.39 is 5.97 Å². The number of benzene rings is 3. The number of aromatic amines is 1. The number of aromatic carboxylic acids is 1. The lowest BCUT2D eigenvalue weighted by Crippen LogP contribution is -2.01. The molecule has 1 aromatic heterocycles.